The Morgan fingerprint density at radius 2 is 2.16 bits per heavy atom. The second-order valence-corrected chi connectivity index (χ2v) is 5.05. The molecule has 0 bridgehead atoms. The highest BCUT2D eigenvalue weighted by molar-refractivity contribution is 9.10. The average Bonchev–Trinajstić information content (AvgIpc) is 2.42. The quantitative estimate of drug-likeness (QED) is 0.839. The molecule has 0 unspecified atom stereocenters. The van der Waals surface area contributed by atoms with Crippen LogP contribution in [0.1, 0.15) is 5.56 Å². The number of para-hydroxylation sites is 1. The molecule has 1 aromatic heterocycles. The maximum atomic E-state index is 5.80. The van der Waals surface area contributed by atoms with Crippen LogP contribution in [0.3, 0.4) is 0 Å². The minimum atomic E-state index is 0.208. The van der Waals surface area contributed by atoms with Crippen molar-refractivity contribution in [1.29, 1.82) is 0 Å². The van der Waals surface area contributed by atoms with E-state index in [-0.39, 0.29) is 5.28 Å². The Hall–Kier alpha value is -1.17. The van der Waals surface area contributed by atoms with Gasteiger partial charge in [0.1, 0.15) is 5.82 Å². The fraction of sp³-hybridized carbons (Fsp3) is 0.231. The van der Waals surface area contributed by atoms with Crippen LogP contribution < -0.4 is 5.32 Å². The minimum Gasteiger partial charge on any atom is -0.384 e. The lowest BCUT2D eigenvalue weighted by atomic mass is 10.1. The van der Waals surface area contributed by atoms with E-state index in [4.69, 9.17) is 16.3 Å². The second-order valence-electron chi connectivity index (χ2n) is 3.86. The highest BCUT2D eigenvalue weighted by Crippen LogP contribution is 2.26. The summed E-state index contributed by atoms with van der Waals surface area (Å²) in [5.74, 6) is 0.643. The molecule has 100 valence electrons. The number of ether oxygens (including phenoxy) is 1. The van der Waals surface area contributed by atoms with E-state index in [1.807, 2.05) is 18.2 Å². The smallest absolute Gasteiger partial charge is 0.224 e. The van der Waals surface area contributed by atoms with Gasteiger partial charge in [0.25, 0.3) is 0 Å². The number of aromatic nitrogens is 2. The van der Waals surface area contributed by atoms with E-state index in [1.165, 1.54) is 0 Å². The van der Waals surface area contributed by atoms with Crippen molar-refractivity contribution in [2.24, 2.45) is 0 Å². The first-order chi connectivity index (χ1) is 9.20. The van der Waals surface area contributed by atoms with Gasteiger partial charge in [-0.25, -0.2) is 4.98 Å². The number of benzene rings is 1. The van der Waals surface area contributed by atoms with Gasteiger partial charge < -0.3 is 10.1 Å². The Kier molecular flexibility index (Phi) is 5.13. The normalized spacial score (nSPS) is 10.5. The van der Waals surface area contributed by atoms with Gasteiger partial charge >= 0.3 is 0 Å². The van der Waals surface area contributed by atoms with Crippen LogP contribution in [-0.2, 0) is 11.2 Å². The maximum absolute atomic E-state index is 5.80. The molecule has 0 spiro atoms. The number of methoxy groups -OCH3 is 1. The van der Waals surface area contributed by atoms with Crippen molar-refractivity contribution in [2.45, 2.75) is 6.42 Å². The predicted molar refractivity (Wildman–Crippen MR) is 80.0 cm³/mol. The van der Waals surface area contributed by atoms with Crippen LogP contribution >= 0.6 is 27.5 Å². The Balaban J connectivity index is 2.25. The topological polar surface area (TPSA) is 47.0 Å². The molecule has 0 radical (unpaired) electrons. The van der Waals surface area contributed by atoms with Crippen LogP contribution in [0.15, 0.2) is 34.9 Å². The maximum Gasteiger partial charge on any atom is 0.224 e. The van der Waals surface area contributed by atoms with Gasteiger partial charge in [-0.3, -0.25) is 0 Å². The molecule has 0 atom stereocenters. The van der Waals surface area contributed by atoms with Gasteiger partial charge in [0.15, 0.2) is 0 Å². The summed E-state index contributed by atoms with van der Waals surface area (Å²) in [7, 11) is 1.69. The number of hydrogen-bond donors (Lipinski definition) is 1. The molecular weight excluding hydrogens is 330 g/mol. The molecule has 0 saturated carbocycles. The molecule has 19 heavy (non-hydrogen) atoms. The highest BCUT2D eigenvalue weighted by Gasteiger charge is 2.07. The van der Waals surface area contributed by atoms with Crippen molar-refractivity contribution < 1.29 is 4.74 Å². The fourth-order valence-corrected chi connectivity index (χ4v) is 2.06. The van der Waals surface area contributed by atoms with Crippen molar-refractivity contribution >= 4 is 39.0 Å². The van der Waals surface area contributed by atoms with E-state index < -0.39 is 0 Å². The number of rotatable bonds is 5. The summed E-state index contributed by atoms with van der Waals surface area (Å²) < 4.78 is 5.87. The summed E-state index contributed by atoms with van der Waals surface area (Å²) in [5.41, 5.74) is 2.14. The first-order valence-electron chi connectivity index (χ1n) is 5.72. The van der Waals surface area contributed by atoms with E-state index in [9.17, 15) is 0 Å². The van der Waals surface area contributed by atoms with Crippen molar-refractivity contribution in [2.75, 3.05) is 19.0 Å². The van der Waals surface area contributed by atoms with Gasteiger partial charge in [-0.1, -0.05) is 18.2 Å². The van der Waals surface area contributed by atoms with Crippen molar-refractivity contribution in [3.05, 3.63) is 45.8 Å². The van der Waals surface area contributed by atoms with E-state index in [2.05, 4.69) is 37.3 Å². The molecule has 1 aromatic carbocycles. The number of nitrogens with zero attached hydrogens (tertiary/aromatic N) is 2. The summed E-state index contributed by atoms with van der Waals surface area (Å²) in [4.78, 5) is 8.05. The molecule has 2 rings (SSSR count). The first kappa shape index (κ1) is 14.2. The van der Waals surface area contributed by atoms with Gasteiger partial charge in [0, 0.05) is 19.0 Å². The molecule has 1 N–H and O–H groups in total. The Bertz CT molecular complexity index is 565. The van der Waals surface area contributed by atoms with Gasteiger partial charge in [0.2, 0.25) is 5.28 Å². The molecule has 0 saturated heterocycles. The number of halogens is 2. The SMILES string of the molecule is COCCc1ccccc1Nc1nc(Cl)ncc1Br. The minimum absolute atomic E-state index is 0.208. The molecule has 0 amide bonds. The zero-order valence-electron chi connectivity index (χ0n) is 10.4. The molecule has 0 aliphatic carbocycles. The van der Waals surface area contributed by atoms with Crippen LogP contribution in [0.4, 0.5) is 11.5 Å². The predicted octanol–water partition coefficient (Wildman–Crippen LogP) is 3.83. The molecule has 2 aromatic rings. The number of hydrogen-bond acceptors (Lipinski definition) is 4. The van der Waals surface area contributed by atoms with Crippen LogP contribution in [-0.4, -0.2) is 23.7 Å². The van der Waals surface area contributed by atoms with Crippen LogP contribution in [0.25, 0.3) is 0 Å². The molecule has 1 heterocycles. The second kappa shape index (κ2) is 6.84. The lowest BCUT2D eigenvalue weighted by molar-refractivity contribution is 0.202. The number of anilines is 2. The summed E-state index contributed by atoms with van der Waals surface area (Å²) in [6, 6.07) is 8.01. The summed E-state index contributed by atoms with van der Waals surface area (Å²) >= 11 is 9.20. The zero-order valence-corrected chi connectivity index (χ0v) is 12.7. The van der Waals surface area contributed by atoms with Crippen LogP contribution in [0.2, 0.25) is 5.28 Å². The Morgan fingerprint density at radius 3 is 2.95 bits per heavy atom. The van der Waals surface area contributed by atoms with E-state index in [1.54, 1.807) is 13.3 Å². The van der Waals surface area contributed by atoms with Crippen molar-refractivity contribution in [3.8, 4) is 0 Å². The average molecular weight is 343 g/mol. The fourth-order valence-electron chi connectivity index (χ4n) is 1.63. The van der Waals surface area contributed by atoms with Gasteiger partial charge in [-0.2, -0.15) is 4.98 Å². The van der Waals surface area contributed by atoms with Gasteiger partial charge in [0.05, 0.1) is 11.1 Å². The third-order valence-corrected chi connectivity index (χ3v) is 3.32. The zero-order chi connectivity index (χ0) is 13.7. The standard InChI is InChI=1S/C13H13BrClN3O/c1-19-7-6-9-4-2-3-5-11(9)17-12-10(14)8-16-13(15)18-12/h2-5,8H,6-7H2,1H3,(H,16,17,18). The van der Waals surface area contributed by atoms with E-state index in [0.29, 0.717) is 12.4 Å². The molecule has 0 aliphatic heterocycles. The molecule has 4 nitrogen and oxygen atoms in total. The first-order valence-corrected chi connectivity index (χ1v) is 6.89. The summed E-state index contributed by atoms with van der Waals surface area (Å²) in [6.45, 7) is 0.671. The largest absolute Gasteiger partial charge is 0.384 e. The van der Waals surface area contributed by atoms with Crippen molar-refractivity contribution in [3.63, 3.8) is 0 Å². The Labute approximate surface area is 125 Å². The monoisotopic (exact) mass is 341 g/mol. The summed E-state index contributed by atoms with van der Waals surface area (Å²) in [6.07, 6.45) is 2.45. The van der Waals surface area contributed by atoms with E-state index >= 15 is 0 Å². The lowest BCUT2D eigenvalue weighted by Crippen LogP contribution is -2.02. The number of nitrogens with one attached hydrogen (secondary N) is 1. The summed E-state index contributed by atoms with van der Waals surface area (Å²) in [5, 5.41) is 3.46. The third-order valence-electron chi connectivity index (χ3n) is 2.56. The highest BCUT2D eigenvalue weighted by atomic mass is 79.9. The van der Waals surface area contributed by atoms with Crippen LogP contribution in [0.5, 0.6) is 0 Å². The van der Waals surface area contributed by atoms with Crippen LogP contribution in [0, 0.1) is 0 Å². The molecular formula is C13H13BrClN3O. The Morgan fingerprint density at radius 1 is 1.37 bits per heavy atom. The lowest BCUT2D eigenvalue weighted by Gasteiger charge is -2.12. The third kappa shape index (κ3) is 3.89. The van der Waals surface area contributed by atoms with Gasteiger partial charge in [-0.05, 0) is 45.6 Å². The molecule has 6 heteroatoms. The van der Waals surface area contributed by atoms with E-state index in [0.717, 1.165) is 22.1 Å². The molecule has 0 fully saturated rings. The van der Waals surface area contributed by atoms with Crippen molar-refractivity contribution in [1.82, 2.24) is 9.97 Å². The molecule has 0 aliphatic rings. The van der Waals surface area contributed by atoms with Gasteiger partial charge in [-0.15, -0.1) is 0 Å².